The molecular weight excluding hydrogens is 426 g/mol. The van der Waals surface area contributed by atoms with Gasteiger partial charge in [0.15, 0.2) is 0 Å². The second-order valence-electron chi connectivity index (χ2n) is 6.83. The quantitative estimate of drug-likeness (QED) is 0.513. The van der Waals surface area contributed by atoms with Crippen molar-refractivity contribution >= 4 is 33.2 Å². The number of nitrogens with zero attached hydrogens (tertiary/aromatic N) is 1. The molecule has 3 aromatic carbocycles. The molecule has 0 aliphatic heterocycles. The standard InChI is InChI=1S/C24H23N3O4S/c1-3-17-25-24(29)21-11-7-8-12-22(21)26-23(28)18-13-15-19(16-14-18)27(2)32(30,31)20-9-5-4-6-10-20/h3-16H,1,17H2,2H3,(H,25,29)(H,26,28). The van der Waals surface area contributed by atoms with E-state index in [1.165, 1.54) is 31.3 Å². The zero-order chi connectivity index (χ0) is 23.1. The Hall–Kier alpha value is -3.91. The molecule has 0 fully saturated rings. The Morgan fingerprint density at radius 1 is 0.906 bits per heavy atom. The van der Waals surface area contributed by atoms with Crippen LogP contribution >= 0.6 is 0 Å². The maximum absolute atomic E-state index is 12.8. The molecule has 3 aromatic rings. The van der Waals surface area contributed by atoms with Gasteiger partial charge in [0.25, 0.3) is 21.8 Å². The fourth-order valence-corrected chi connectivity index (χ4v) is 4.17. The van der Waals surface area contributed by atoms with Crippen molar-refractivity contribution in [1.82, 2.24) is 5.32 Å². The van der Waals surface area contributed by atoms with E-state index in [2.05, 4.69) is 17.2 Å². The number of hydrogen-bond donors (Lipinski definition) is 2. The van der Waals surface area contributed by atoms with Crippen molar-refractivity contribution in [3.63, 3.8) is 0 Å². The van der Waals surface area contributed by atoms with Gasteiger partial charge in [-0.2, -0.15) is 0 Å². The van der Waals surface area contributed by atoms with Crippen LogP contribution < -0.4 is 14.9 Å². The summed E-state index contributed by atoms with van der Waals surface area (Å²) in [6.45, 7) is 3.87. The number of hydrogen-bond acceptors (Lipinski definition) is 4. The van der Waals surface area contributed by atoms with Gasteiger partial charge in [0, 0.05) is 19.2 Å². The summed E-state index contributed by atoms with van der Waals surface area (Å²) in [4.78, 5) is 25.2. The number of carbonyl (C=O) groups is 2. The number of carbonyl (C=O) groups excluding carboxylic acids is 2. The molecule has 0 radical (unpaired) electrons. The molecule has 0 aliphatic carbocycles. The highest BCUT2D eigenvalue weighted by Gasteiger charge is 2.21. The molecule has 0 unspecified atom stereocenters. The van der Waals surface area contributed by atoms with Crippen LogP contribution in [0.25, 0.3) is 0 Å². The molecule has 0 atom stereocenters. The number of benzene rings is 3. The van der Waals surface area contributed by atoms with Crippen molar-refractivity contribution in [2.45, 2.75) is 4.90 Å². The number of para-hydroxylation sites is 1. The summed E-state index contributed by atoms with van der Waals surface area (Å²) in [6.07, 6.45) is 1.57. The lowest BCUT2D eigenvalue weighted by atomic mass is 10.1. The largest absolute Gasteiger partial charge is 0.349 e. The van der Waals surface area contributed by atoms with E-state index in [0.717, 1.165) is 4.31 Å². The van der Waals surface area contributed by atoms with Gasteiger partial charge in [-0.3, -0.25) is 13.9 Å². The van der Waals surface area contributed by atoms with Gasteiger partial charge < -0.3 is 10.6 Å². The van der Waals surface area contributed by atoms with Crippen LogP contribution in [0.3, 0.4) is 0 Å². The third kappa shape index (κ3) is 5.04. The van der Waals surface area contributed by atoms with Crippen molar-refractivity contribution in [2.24, 2.45) is 0 Å². The van der Waals surface area contributed by atoms with E-state index >= 15 is 0 Å². The van der Waals surface area contributed by atoms with Gasteiger partial charge in [0.2, 0.25) is 0 Å². The predicted molar refractivity (Wildman–Crippen MR) is 125 cm³/mol. The molecule has 2 amide bonds. The molecule has 0 saturated heterocycles. The number of rotatable bonds is 8. The van der Waals surface area contributed by atoms with E-state index in [1.807, 2.05) is 0 Å². The Bertz CT molecular complexity index is 1220. The van der Waals surface area contributed by atoms with E-state index in [4.69, 9.17) is 0 Å². The summed E-state index contributed by atoms with van der Waals surface area (Å²) in [5.41, 5.74) is 1.43. The van der Waals surface area contributed by atoms with E-state index in [0.29, 0.717) is 29.0 Å². The normalized spacial score (nSPS) is 10.8. The topological polar surface area (TPSA) is 95.6 Å². The Balaban J connectivity index is 1.77. The maximum atomic E-state index is 12.8. The fourth-order valence-electron chi connectivity index (χ4n) is 2.96. The smallest absolute Gasteiger partial charge is 0.264 e. The monoisotopic (exact) mass is 449 g/mol. The molecule has 3 rings (SSSR count). The first-order valence-electron chi connectivity index (χ1n) is 9.78. The van der Waals surface area contributed by atoms with E-state index in [-0.39, 0.29) is 10.8 Å². The second-order valence-corrected chi connectivity index (χ2v) is 8.80. The second kappa shape index (κ2) is 9.93. The van der Waals surface area contributed by atoms with Crippen LogP contribution in [0, 0.1) is 0 Å². The summed E-state index contributed by atoms with van der Waals surface area (Å²) >= 11 is 0. The minimum Gasteiger partial charge on any atom is -0.349 e. The van der Waals surface area contributed by atoms with Gasteiger partial charge >= 0.3 is 0 Å². The van der Waals surface area contributed by atoms with Crippen molar-refractivity contribution in [2.75, 3.05) is 23.2 Å². The molecule has 2 N–H and O–H groups in total. The summed E-state index contributed by atoms with van der Waals surface area (Å²) in [5.74, 6) is -0.752. The molecule has 0 heterocycles. The first-order valence-corrected chi connectivity index (χ1v) is 11.2. The number of anilines is 2. The van der Waals surface area contributed by atoms with Gasteiger partial charge in [-0.25, -0.2) is 8.42 Å². The minimum atomic E-state index is -3.72. The maximum Gasteiger partial charge on any atom is 0.264 e. The van der Waals surface area contributed by atoms with Crippen molar-refractivity contribution in [1.29, 1.82) is 0 Å². The molecule has 0 bridgehead atoms. The predicted octanol–water partition coefficient (Wildman–Crippen LogP) is 3.68. The summed E-state index contributed by atoms with van der Waals surface area (Å²) in [5, 5.41) is 5.41. The molecule has 0 saturated carbocycles. The molecule has 0 spiro atoms. The lowest BCUT2D eigenvalue weighted by Gasteiger charge is -2.19. The minimum absolute atomic E-state index is 0.177. The number of sulfonamides is 1. The Morgan fingerprint density at radius 3 is 2.19 bits per heavy atom. The Morgan fingerprint density at radius 2 is 1.53 bits per heavy atom. The van der Waals surface area contributed by atoms with Crippen molar-refractivity contribution < 1.29 is 18.0 Å². The fraction of sp³-hybridized carbons (Fsp3) is 0.0833. The van der Waals surface area contributed by atoms with Gasteiger partial charge in [0.05, 0.1) is 21.8 Å². The molecule has 8 heteroatoms. The van der Waals surface area contributed by atoms with Crippen molar-refractivity contribution in [3.8, 4) is 0 Å². The SMILES string of the molecule is C=CCNC(=O)c1ccccc1NC(=O)c1ccc(N(C)S(=O)(=O)c2ccccc2)cc1. The third-order valence-electron chi connectivity index (χ3n) is 4.72. The molecule has 164 valence electrons. The molecule has 7 nitrogen and oxygen atoms in total. The zero-order valence-corrected chi connectivity index (χ0v) is 18.3. The lowest BCUT2D eigenvalue weighted by Crippen LogP contribution is -2.26. The molecule has 0 aromatic heterocycles. The van der Waals surface area contributed by atoms with Gasteiger partial charge in [0.1, 0.15) is 0 Å². The number of amides is 2. The summed E-state index contributed by atoms with van der Waals surface area (Å²) in [7, 11) is -2.26. The van der Waals surface area contributed by atoms with Crippen LogP contribution in [0.15, 0.2) is 96.4 Å². The highest BCUT2D eigenvalue weighted by Crippen LogP contribution is 2.23. The van der Waals surface area contributed by atoms with E-state index in [9.17, 15) is 18.0 Å². The molecule has 0 aliphatic rings. The number of nitrogens with one attached hydrogen (secondary N) is 2. The van der Waals surface area contributed by atoms with Crippen LogP contribution in [0.2, 0.25) is 0 Å². The average molecular weight is 450 g/mol. The van der Waals surface area contributed by atoms with Crippen LogP contribution in [-0.4, -0.2) is 33.8 Å². The first-order chi connectivity index (χ1) is 15.3. The van der Waals surface area contributed by atoms with Gasteiger partial charge in [-0.15, -0.1) is 6.58 Å². The van der Waals surface area contributed by atoms with Crippen LogP contribution in [0.5, 0.6) is 0 Å². The van der Waals surface area contributed by atoms with E-state index in [1.54, 1.807) is 60.7 Å². The first kappa shape index (κ1) is 22.8. The molecular formula is C24H23N3O4S. The molecule has 32 heavy (non-hydrogen) atoms. The van der Waals surface area contributed by atoms with Crippen molar-refractivity contribution in [3.05, 3.63) is 103 Å². The zero-order valence-electron chi connectivity index (χ0n) is 17.5. The highest BCUT2D eigenvalue weighted by atomic mass is 32.2. The van der Waals surface area contributed by atoms with E-state index < -0.39 is 15.9 Å². The third-order valence-corrected chi connectivity index (χ3v) is 6.52. The summed E-state index contributed by atoms with van der Waals surface area (Å²) < 4.78 is 26.7. The lowest BCUT2D eigenvalue weighted by molar-refractivity contribution is 0.0959. The Labute approximate surface area is 187 Å². The van der Waals surface area contributed by atoms with Gasteiger partial charge in [-0.05, 0) is 48.5 Å². The van der Waals surface area contributed by atoms with Crippen LogP contribution in [0.1, 0.15) is 20.7 Å². The summed E-state index contributed by atoms with van der Waals surface area (Å²) in [6, 6.07) is 20.9. The Kier molecular flexibility index (Phi) is 7.07. The van der Waals surface area contributed by atoms with Crippen LogP contribution in [0.4, 0.5) is 11.4 Å². The van der Waals surface area contributed by atoms with Gasteiger partial charge in [-0.1, -0.05) is 36.4 Å². The average Bonchev–Trinajstić information content (AvgIpc) is 2.83. The highest BCUT2D eigenvalue weighted by molar-refractivity contribution is 7.92. The van der Waals surface area contributed by atoms with Crippen LogP contribution in [-0.2, 0) is 10.0 Å².